The highest BCUT2D eigenvalue weighted by atomic mass is 32.2. The Hall–Kier alpha value is -2.05. The van der Waals surface area contributed by atoms with Crippen LogP contribution >= 0.6 is 11.8 Å². The van der Waals surface area contributed by atoms with Gasteiger partial charge in [0.25, 0.3) is 0 Å². The summed E-state index contributed by atoms with van der Waals surface area (Å²) in [5.41, 5.74) is 0.673. The molecule has 1 aromatic rings. The molecule has 0 N–H and O–H groups in total. The number of hydrogen-bond donors (Lipinski definition) is 0. The Kier molecular flexibility index (Phi) is 7.76. The van der Waals surface area contributed by atoms with Crippen molar-refractivity contribution in [1.82, 2.24) is 4.90 Å². The van der Waals surface area contributed by atoms with Crippen LogP contribution in [-0.4, -0.2) is 54.3 Å². The number of thioether (sulfide) groups is 1. The van der Waals surface area contributed by atoms with Gasteiger partial charge in [0.15, 0.2) is 0 Å². The standard InChI is InChI=1S/C19H23NO4S/c1-3-11-24-19(22)20-14-17(13-16(20)10-7-12-23-2)25-18(21)15-8-5-4-6-9-15/h3-10,16-17H,1,11-14H2,2H3/b10-7+/t16-,17+/m1/s1. The molecule has 1 saturated heterocycles. The second-order valence-corrected chi connectivity index (χ2v) is 6.87. The molecule has 2 atom stereocenters. The second-order valence-electron chi connectivity index (χ2n) is 5.60. The Morgan fingerprint density at radius 3 is 2.76 bits per heavy atom. The number of benzene rings is 1. The van der Waals surface area contributed by atoms with Crippen LogP contribution in [0.3, 0.4) is 0 Å². The molecule has 1 fully saturated rings. The molecule has 0 spiro atoms. The zero-order chi connectivity index (χ0) is 18.1. The minimum atomic E-state index is -0.387. The number of amides is 1. The Bertz CT molecular complexity index is 617. The van der Waals surface area contributed by atoms with E-state index < -0.39 is 0 Å². The van der Waals surface area contributed by atoms with E-state index >= 15 is 0 Å². The first kappa shape index (κ1) is 19.3. The number of likely N-dealkylation sites (tertiary alicyclic amines) is 1. The fraction of sp³-hybridized carbons (Fsp3) is 0.368. The van der Waals surface area contributed by atoms with Crippen LogP contribution < -0.4 is 0 Å². The lowest BCUT2D eigenvalue weighted by Crippen LogP contribution is -2.35. The summed E-state index contributed by atoms with van der Waals surface area (Å²) in [6.45, 7) is 4.68. The summed E-state index contributed by atoms with van der Waals surface area (Å²) in [6, 6.07) is 9.07. The minimum Gasteiger partial charge on any atom is -0.445 e. The molecule has 134 valence electrons. The van der Waals surface area contributed by atoms with Crippen LogP contribution in [0, 0.1) is 0 Å². The SMILES string of the molecule is C=CCOC(=O)N1C[C@@H](SC(=O)c2ccccc2)C[C@H]1/C=C/COC. The summed E-state index contributed by atoms with van der Waals surface area (Å²) >= 11 is 1.27. The molecule has 1 heterocycles. The van der Waals surface area contributed by atoms with Gasteiger partial charge in [-0.2, -0.15) is 0 Å². The third kappa shape index (κ3) is 5.76. The summed E-state index contributed by atoms with van der Waals surface area (Å²) in [4.78, 5) is 26.3. The van der Waals surface area contributed by atoms with Crippen molar-refractivity contribution < 1.29 is 19.1 Å². The van der Waals surface area contributed by atoms with E-state index in [0.717, 1.165) is 0 Å². The Morgan fingerprint density at radius 1 is 1.32 bits per heavy atom. The molecule has 1 aliphatic heterocycles. The van der Waals surface area contributed by atoms with Gasteiger partial charge in [-0.3, -0.25) is 4.79 Å². The third-order valence-corrected chi connectivity index (χ3v) is 4.89. The van der Waals surface area contributed by atoms with E-state index in [1.807, 2.05) is 30.4 Å². The lowest BCUT2D eigenvalue weighted by Gasteiger charge is -2.21. The number of nitrogens with zero attached hydrogens (tertiary/aromatic N) is 1. The molecule has 0 bridgehead atoms. The van der Waals surface area contributed by atoms with Gasteiger partial charge in [-0.25, -0.2) is 4.79 Å². The van der Waals surface area contributed by atoms with Crippen LogP contribution in [0.5, 0.6) is 0 Å². The van der Waals surface area contributed by atoms with E-state index in [9.17, 15) is 9.59 Å². The second kappa shape index (κ2) is 10.1. The lowest BCUT2D eigenvalue weighted by atomic mass is 10.2. The quantitative estimate of drug-likeness (QED) is 0.696. The van der Waals surface area contributed by atoms with Gasteiger partial charge in [0.1, 0.15) is 6.61 Å². The molecule has 0 radical (unpaired) electrons. The van der Waals surface area contributed by atoms with E-state index in [1.165, 1.54) is 17.8 Å². The topological polar surface area (TPSA) is 55.8 Å². The first-order chi connectivity index (χ1) is 12.2. The molecule has 0 aliphatic carbocycles. The van der Waals surface area contributed by atoms with Crippen molar-refractivity contribution in [2.45, 2.75) is 17.7 Å². The number of ether oxygens (including phenoxy) is 2. The van der Waals surface area contributed by atoms with Crippen LogP contribution in [0.1, 0.15) is 16.8 Å². The number of carbonyl (C=O) groups excluding carboxylic acids is 2. The maximum atomic E-state index is 12.4. The first-order valence-corrected chi connectivity index (χ1v) is 8.99. The average molecular weight is 361 g/mol. The molecule has 1 aromatic carbocycles. The summed E-state index contributed by atoms with van der Waals surface area (Å²) in [7, 11) is 1.62. The molecule has 0 aromatic heterocycles. The molecule has 25 heavy (non-hydrogen) atoms. The summed E-state index contributed by atoms with van der Waals surface area (Å²) in [6.07, 6.45) is 5.67. The van der Waals surface area contributed by atoms with E-state index in [-0.39, 0.29) is 29.1 Å². The van der Waals surface area contributed by atoms with E-state index in [1.54, 1.807) is 24.1 Å². The Labute approximate surface area is 152 Å². The highest BCUT2D eigenvalue weighted by Crippen LogP contribution is 2.31. The van der Waals surface area contributed by atoms with Crippen molar-refractivity contribution >= 4 is 23.0 Å². The van der Waals surface area contributed by atoms with Crippen molar-refractivity contribution in [3.8, 4) is 0 Å². The molecule has 0 saturated carbocycles. The molecule has 6 heteroatoms. The normalized spacial score (nSPS) is 20.0. The fourth-order valence-corrected chi connectivity index (χ4v) is 3.72. The van der Waals surface area contributed by atoms with E-state index in [0.29, 0.717) is 25.1 Å². The van der Waals surface area contributed by atoms with Gasteiger partial charge in [-0.1, -0.05) is 66.9 Å². The monoisotopic (exact) mass is 361 g/mol. The van der Waals surface area contributed by atoms with Crippen LogP contribution in [-0.2, 0) is 9.47 Å². The van der Waals surface area contributed by atoms with Crippen molar-refractivity contribution in [2.75, 3.05) is 26.9 Å². The molecule has 1 amide bonds. The van der Waals surface area contributed by atoms with Gasteiger partial charge < -0.3 is 14.4 Å². The Morgan fingerprint density at radius 2 is 2.08 bits per heavy atom. The van der Waals surface area contributed by atoms with Gasteiger partial charge in [0.2, 0.25) is 5.12 Å². The summed E-state index contributed by atoms with van der Waals surface area (Å²) in [5, 5.41) is 0.0488. The van der Waals surface area contributed by atoms with Gasteiger partial charge in [-0.15, -0.1) is 0 Å². The van der Waals surface area contributed by atoms with Gasteiger partial charge in [0.05, 0.1) is 12.6 Å². The molecular weight excluding hydrogens is 338 g/mol. The van der Waals surface area contributed by atoms with Crippen molar-refractivity contribution in [1.29, 1.82) is 0 Å². The van der Waals surface area contributed by atoms with E-state index in [2.05, 4.69) is 6.58 Å². The molecule has 2 rings (SSSR count). The van der Waals surface area contributed by atoms with Gasteiger partial charge in [-0.05, 0) is 6.42 Å². The molecular formula is C19H23NO4S. The molecule has 5 nitrogen and oxygen atoms in total. The smallest absolute Gasteiger partial charge is 0.410 e. The largest absolute Gasteiger partial charge is 0.445 e. The Balaban J connectivity index is 2.02. The maximum Gasteiger partial charge on any atom is 0.410 e. The zero-order valence-electron chi connectivity index (χ0n) is 14.3. The number of methoxy groups -OCH3 is 1. The molecule has 1 aliphatic rings. The predicted molar refractivity (Wildman–Crippen MR) is 99.8 cm³/mol. The minimum absolute atomic E-state index is 0.0199. The van der Waals surface area contributed by atoms with Crippen molar-refractivity contribution in [2.24, 2.45) is 0 Å². The number of rotatable bonds is 7. The van der Waals surface area contributed by atoms with Gasteiger partial charge in [0, 0.05) is 24.5 Å². The highest BCUT2D eigenvalue weighted by Gasteiger charge is 2.36. The van der Waals surface area contributed by atoms with Crippen LogP contribution in [0.4, 0.5) is 4.79 Å². The third-order valence-electron chi connectivity index (χ3n) is 3.77. The number of hydrogen-bond acceptors (Lipinski definition) is 5. The van der Waals surface area contributed by atoms with E-state index in [4.69, 9.17) is 9.47 Å². The van der Waals surface area contributed by atoms with Crippen LogP contribution in [0.2, 0.25) is 0 Å². The van der Waals surface area contributed by atoms with Crippen molar-refractivity contribution in [3.05, 3.63) is 60.7 Å². The maximum absolute atomic E-state index is 12.4. The van der Waals surface area contributed by atoms with Gasteiger partial charge >= 0.3 is 6.09 Å². The molecule has 0 unspecified atom stereocenters. The highest BCUT2D eigenvalue weighted by molar-refractivity contribution is 8.14. The van der Waals surface area contributed by atoms with Crippen LogP contribution in [0.25, 0.3) is 0 Å². The van der Waals surface area contributed by atoms with Crippen LogP contribution in [0.15, 0.2) is 55.1 Å². The number of carbonyl (C=O) groups is 2. The van der Waals surface area contributed by atoms with Crippen molar-refractivity contribution in [3.63, 3.8) is 0 Å². The first-order valence-electron chi connectivity index (χ1n) is 8.11. The zero-order valence-corrected chi connectivity index (χ0v) is 15.1. The average Bonchev–Trinajstić information content (AvgIpc) is 3.03. The summed E-state index contributed by atoms with van der Waals surface area (Å²) in [5.74, 6) is 0. The fourth-order valence-electron chi connectivity index (χ4n) is 2.62. The lowest BCUT2D eigenvalue weighted by molar-refractivity contribution is 0.108. The summed E-state index contributed by atoms with van der Waals surface area (Å²) < 4.78 is 10.2. The predicted octanol–water partition coefficient (Wildman–Crippen LogP) is 3.53.